The average Bonchev–Trinajstić information content (AvgIpc) is 3.37. The predicted octanol–water partition coefficient (Wildman–Crippen LogP) is 6.21. The number of benzene rings is 3. The number of halogens is 2. The van der Waals surface area contributed by atoms with Crippen LogP contribution in [0.4, 0.5) is 21.9 Å². The van der Waals surface area contributed by atoms with E-state index >= 15 is 0 Å². The summed E-state index contributed by atoms with van der Waals surface area (Å²) in [4.78, 5) is 27.9. The van der Waals surface area contributed by atoms with Crippen LogP contribution in [0, 0.1) is 0 Å². The molecule has 1 aliphatic rings. The summed E-state index contributed by atoms with van der Waals surface area (Å²) in [5, 5.41) is 9.11. The van der Waals surface area contributed by atoms with Crippen LogP contribution in [0.5, 0.6) is 0 Å². The fourth-order valence-corrected chi connectivity index (χ4v) is 4.32. The second kappa shape index (κ2) is 11.3. The number of nitrogens with zero attached hydrogens (tertiary/aromatic N) is 1. The summed E-state index contributed by atoms with van der Waals surface area (Å²) in [6, 6.07) is 20.0. The fourth-order valence-electron chi connectivity index (χ4n) is 3.97. The highest BCUT2D eigenvalue weighted by Crippen LogP contribution is 2.30. The minimum absolute atomic E-state index is 0.167. The van der Waals surface area contributed by atoms with Crippen LogP contribution in [0.15, 0.2) is 66.7 Å². The van der Waals surface area contributed by atoms with E-state index in [-0.39, 0.29) is 10.9 Å². The van der Waals surface area contributed by atoms with Crippen LogP contribution in [-0.4, -0.2) is 31.6 Å². The number of rotatable bonds is 7. The minimum atomic E-state index is -0.478. The molecule has 0 unspecified atom stereocenters. The molecule has 0 radical (unpaired) electrons. The van der Waals surface area contributed by atoms with E-state index in [1.54, 1.807) is 30.3 Å². The van der Waals surface area contributed by atoms with Gasteiger partial charge in [-0.05, 0) is 55.2 Å². The molecule has 1 fully saturated rings. The Balaban J connectivity index is 1.47. The number of hydrogen-bond acceptors (Lipinski definition) is 3. The zero-order valence-corrected chi connectivity index (χ0v) is 20.1. The lowest BCUT2D eigenvalue weighted by molar-refractivity contribution is 0.0954. The van der Waals surface area contributed by atoms with Crippen molar-refractivity contribution >= 4 is 52.2 Å². The molecule has 0 aromatic heterocycles. The molecule has 3 aromatic rings. The molecular weight excluding hydrogens is 471 g/mol. The first-order valence-corrected chi connectivity index (χ1v) is 12.0. The molecule has 0 saturated carbocycles. The van der Waals surface area contributed by atoms with E-state index in [2.05, 4.69) is 20.9 Å². The maximum Gasteiger partial charge on any atom is 0.323 e. The van der Waals surface area contributed by atoms with E-state index in [1.807, 2.05) is 36.4 Å². The Morgan fingerprint density at radius 3 is 2.41 bits per heavy atom. The molecule has 1 heterocycles. The van der Waals surface area contributed by atoms with E-state index in [0.29, 0.717) is 28.5 Å². The summed E-state index contributed by atoms with van der Waals surface area (Å²) in [5.74, 6) is -0.167. The van der Waals surface area contributed by atoms with Gasteiger partial charge in [0.05, 0.1) is 21.3 Å². The second-order valence-corrected chi connectivity index (χ2v) is 8.88. The Morgan fingerprint density at radius 1 is 0.882 bits per heavy atom. The molecule has 3 N–H and O–H groups in total. The largest absolute Gasteiger partial charge is 0.371 e. The van der Waals surface area contributed by atoms with Crippen LogP contribution in [0.1, 0.15) is 28.8 Å². The lowest BCUT2D eigenvalue weighted by Crippen LogP contribution is -2.29. The third-order valence-electron chi connectivity index (χ3n) is 5.69. The smallest absolute Gasteiger partial charge is 0.323 e. The van der Waals surface area contributed by atoms with Crippen molar-refractivity contribution in [2.75, 3.05) is 35.2 Å². The monoisotopic (exact) mass is 496 g/mol. The SMILES string of the molecule is O=C(Nc1ccc(N2CCCC2)c(C(=O)NCCc2ccccc2)c1)Nc1cccc(Cl)c1Cl. The average molecular weight is 497 g/mol. The van der Waals surface area contributed by atoms with Crippen LogP contribution < -0.4 is 20.9 Å². The summed E-state index contributed by atoms with van der Waals surface area (Å²) >= 11 is 12.2. The second-order valence-electron chi connectivity index (χ2n) is 8.10. The lowest BCUT2D eigenvalue weighted by Gasteiger charge is -2.22. The molecule has 3 amide bonds. The standard InChI is InChI=1S/C26H26Cl2N4O2/c27-21-9-6-10-22(24(21)28)31-26(34)30-19-11-12-23(32-15-4-5-16-32)20(17-19)25(33)29-14-13-18-7-2-1-3-8-18/h1-3,6-12,17H,4-5,13-16H2,(H,29,33)(H2,30,31,34). The number of anilines is 3. The van der Waals surface area contributed by atoms with Gasteiger partial charge in [-0.2, -0.15) is 0 Å². The van der Waals surface area contributed by atoms with Crippen molar-refractivity contribution in [3.63, 3.8) is 0 Å². The van der Waals surface area contributed by atoms with E-state index in [1.165, 1.54) is 0 Å². The van der Waals surface area contributed by atoms with Crippen molar-refractivity contribution in [1.82, 2.24) is 5.32 Å². The van der Waals surface area contributed by atoms with Crippen molar-refractivity contribution in [2.45, 2.75) is 19.3 Å². The first-order valence-electron chi connectivity index (χ1n) is 11.2. The molecule has 0 atom stereocenters. The normalized spacial score (nSPS) is 12.9. The summed E-state index contributed by atoms with van der Waals surface area (Å²) in [7, 11) is 0. The van der Waals surface area contributed by atoms with E-state index in [9.17, 15) is 9.59 Å². The number of carbonyl (C=O) groups excluding carboxylic acids is 2. The molecular formula is C26H26Cl2N4O2. The first-order chi connectivity index (χ1) is 16.5. The van der Waals surface area contributed by atoms with Crippen molar-refractivity contribution < 1.29 is 9.59 Å². The number of carbonyl (C=O) groups is 2. The summed E-state index contributed by atoms with van der Waals surface area (Å²) in [6.45, 7) is 2.34. The van der Waals surface area contributed by atoms with Crippen molar-refractivity contribution in [2.24, 2.45) is 0 Å². The van der Waals surface area contributed by atoms with Crippen molar-refractivity contribution in [3.05, 3.63) is 87.9 Å². The summed E-state index contributed by atoms with van der Waals surface area (Å²) in [6.07, 6.45) is 2.93. The Morgan fingerprint density at radius 2 is 1.65 bits per heavy atom. The van der Waals surface area contributed by atoms with Gasteiger partial charge in [-0.15, -0.1) is 0 Å². The Bertz CT molecular complexity index is 1160. The molecule has 0 aliphatic carbocycles. The van der Waals surface area contributed by atoms with Gasteiger partial charge in [0.15, 0.2) is 0 Å². The topological polar surface area (TPSA) is 73.5 Å². The molecule has 4 rings (SSSR count). The Kier molecular flexibility index (Phi) is 7.93. The lowest BCUT2D eigenvalue weighted by atomic mass is 10.1. The summed E-state index contributed by atoms with van der Waals surface area (Å²) in [5.41, 5.74) is 3.48. The molecule has 0 bridgehead atoms. The van der Waals surface area contributed by atoms with Gasteiger partial charge in [0.25, 0.3) is 5.91 Å². The third-order valence-corrected chi connectivity index (χ3v) is 6.51. The third kappa shape index (κ3) is 6.01. The number of urea groups is 1. The highest BCUT2D eigenvalue weighted by molar-refractivity contribution is 6.44. The van der Waals surface area contributed by atoms with E-state index in [0.717, 1.165) is 43.6 Å². The van der Waals surface area contributed by atoms with Gasteiger partial charge in [-0.1, -0.05) is 59.6 Å². The van der Waals surface area contributed by atoms with Gasteiger partial charge in [0.2, 0.25) is 0 Å². The van der Waals surface area contributed by atoms with Gasteiger partial charge in [-0.25, -0.2) is 4.79 Å². The van der Waals surface area contributed by atoms with E-state index in [4.69, 9.17) is 23.2 Å². The minimum Gasteiger partial charge on any atom is -0.371 e. The van der Waals surface area contributed by atoms with Gasteiger partial charge in [0.1, 0.15) is 0 Å². The molecule has 3 aromatic carbocycles. The van der Waals surface area contributed by atoms with Crippen LogP contribution in [0.25, 0.3) is 0 Å². The number of nitrogens with one attached hydrogen (secondary N) is 3. The molecule has 176 valence electrons. The molecule has 0 spiro atoms. The molecule has 1 aliphatic heterocycles. The molecule has 34 heavy (non-hydrogen) atoms. The molecule has 8 heteroatoms. The van der Waals surface area contributed by atoms with E-state index < -0.39 is 6.03 Å². The van der Waals surface area contributed by atoms with Crippen LogP contribution >= 0.6 is 23.2 Å². The summed E-state index contributed by atoms with van der Waals surface area (Å²) < 4.78 is 0. The zero-order valence-electron chi connectivity index (χ0n) is 18.6. The van der Waals surface area contributed by atoms with Gasteiger partial charge in [0, 0.05) is 31.0 Å². The first kappa shape index (κ1) is 23.9. The van der Waals surface area contributed by atoms with Crippen molar-refractivity contribution in [1.29, 1.82) is 0 Å². The van der Waals surface area contributed by atoms with Crippen molar-refractivity contribution in [3.8, 4) is 0 Å². The Labute approximate surface area is 209 Å². The highest BCUT2D eigenvalue weighted by Gasteiger charge is 2.20. The zero-order chi connectivity index (χ0) is 23.9. The van der Waals surface area contributed by atoms with Crippen LogP contribution in [-0.2, 0) is 6.42 Å². The van der Waals surface area contributed by atoms with Gasteiger partial charge >= 0.3 is 6.03 Å². The van der Waals surface area contributed by atoms with Crippen LogP contribution in [0.3, 0.4) is 0 Å². The number of amides is 3. The predicted molar refractivity (Wildman–Crippen MR) is 139 cm³/mol. The number of hydrogen-bond donors (Lipinski definition) is 3. The van der Waals surface area contributed by atoms with Gasteiger partial charge in [-0.3, -0.25) is 4.79 Å². The molecule has 1 saturated heterocycles. The highest BCUT2D eigenvalue weighted by atomic mass is 35.5. The quantitative estimate of drug-likeness (QED) is 0.363. The maximum absolute atomic E-state index is 13.1. The Hall–Kier alpha value is -3.22. The maximum atomic E-state index is 13.1. The molecule has 6 nitrogen and oxygen atoms in total. The van der Waals surface area contributed by atoms with Gasteiger partial charge < -0.3 is 20.9 Å². The fraction of sp³-hybridized carbons (Fsp3) is 0.231. The van der Waals surface area contributed by atoms with Crippen LogP contribution in [0.2, 0.25) is 10.0 Å².